The molecule has 0 spiro atoms. The maximum atomic E-state index is 12.0. The highest BCUT2D eigenvalue weighted by Crippen LogP contribution is 2.17. The van der Waals surface area contributed by atoms with E-state index >= 15 is 0 Å². The van der Waals surface area contributed by atoms with Gasteiger partial charge < -0.3 is 15.2 Å². The Labute approximate surface area is 142 Å². The van der Waals surface area contributed by atoms with Crippen molar-refractivity contribution in [3.8, 4) is 0 Å². The number of aromatic nitrogens is 2. The lowest BCUT2D eigenvalue weighted by molar-refractivity contribution is -0.121. The van der Waals surface area contributed by atoms with E-state index in [1.807, 2.05) is 0 Å². The third-order valence-electron chi connectivity index (χ3n) is 4.17. The third kappa shape index (κ3) is 4.41. The second-order valence-corrected chi connectivity index (χ2v) is 6.19. The van der Waals surface area contributed by atoms with Gasteiger partial charge in [0.05, 0.1) is 0 Å². The summed E-state index contributed by atoms with van der Waals surface area (Å²) in [4.78, 5) is 16.3. The Kier molecular flexibility index (Phi) is 5.59. The van der Waals surface area contributed by atoms with Crippen molar-refractivity contribution in [2.24, 2.45) is 0 Å². The van der Waals surface area contributed by atoms with Gasteiger partial charge in [-0.1, -0.05) is 30.3 Å². The molecule has 24 heavy (non-hydrogen) atoms. The minimum atomic E-state index is 0.0573. The fourth-order valence-electron chi connectivity index (χ4n) is 2.86. The summed E-state index contributed by atoms with van der Waals surface area (Å²) < 4.78 is 5.17. The third-order valence-corrected chi connectivity index (χ3v) is 4.17. The summed E-state index contributed by atoms with van der Waals surface area (Å²) in [5.41, 5.74) is 3.83. The lowest BCUT2D eigenvalue weighted by Gasteiger charge is -2.06. The minimum Gasteiger partial charge on any atom is -0.352 e. The van der Waals surface area contributed by atoms with Crippen molar-refractivity contribution in [3.63, 3.8) is 0 Å². The molecular formula is C18H24N4O2. The summed E-state index contributed by atoms with van der Waals surface area (Å²) in [6.45, 7) is 4.52. The van der Waals surface area contributed by atoms with Gasteiger partial charge in [-0.15, -0.1) is 0 Å². The number of nitrogens with one attached hydrogen (secondary N) is 2. The van der Waals surface area contributed by atoms with Gasteiger partial charge >= 0.3 is 0 Å². The standard InChI is InChI=1S/C18H24N4O2/c1-2-4-16-21-18(24-22-16)6-3-5-17(23)20-10-13-7-8-14-11-19-12-15(14)9-13/h7-9,19H,2-6,10-12H2,1H3,(H,20,23). The molecule has 2 N–H and O–H groups in total. The van der Waals surface area contributed by atoms with Gasteiger partial charge in [-0.05, 0) is 29.5 Å². The second-order valence-electron chi connectivity index (χ2n) is 6.19. The molecule has 0 bridgehead atoms. The summed E-state index contributed by atoms with van der Waals surface area (Å²) >= 11 is 0. The zero-order valence-electron chi connectivity index (χ0n) is 14.1. The van der Waals surface area contributed by atoms with E-state index in [9.17, 15) is 4.79 Å². The molecule has 0 saturated heterocycles. The molecule has 0 radical (unpaired) electrons. The van der Waals surface area contributed by atoms with E-state index in [1.54, 1.807) is 0 Å². The Morgan fingerprint density at radius 1 is 1.29 bits per heavy atom. The van der Waals surface area contributed by atoms with Crippen LogP contribution in [0.25, 0.3) is 0 Å². The lowest BCUT2D eigenvalue weighted by Crippen LogP contribution is -2.22. The number of carbonyl (C=O) groups excluding carboxylic acids is 1. The summed E-state index contributed by atoms with van der Waals surface area (Å²) in [7, 11) is 0. The minimum absolute atomic E-state index is 0.0573. The first-order valence-corrected chi connectivity index (χ1v) is 8.64. The largest absolute Gasteiger partial charge is 0.352 e. The molecule has 1 aromatic carbocycles. The maximum Gasteiger partial charge on any atom is 0.226 e. The van der Waals surface area contributed by atoms with E-state index < -0.39 is 0 Å². The molecule has 6 heteroatoms. The van der Waals surface area contributed by atoms with Crippen molar-refractivity contribution in [1.82, 2.24) is 20.8 Å². The molecule has 0 saturated carbocycles. The zero-order valence-corrected chi connectivity index (χ0v) is 14.1. The van der Waals surface area contributed by atoms with Gasteiger partial charge in [0.2, 0.25) is 11.8 Å². The maximum absolute atomic E-state index is 12.0. The zero-order chi connectivity index (χ0) is 16.8. The molecule has 1 amide bonds. The smallest absolute Gasteiger partial charge is 0.226 e. The van der Waals surface area contributed by atoms with E-state index in [0.717, 1.165) is 37.3 Å². The Hall–Kier alpha value is -2.21. The van der Waals surface area contributed by atoms with Crippen LogP contribution in [0.4, 0.5) is 0 Å². The van der Waals surface area contributed by atoms with E-state index in [2.05, 4.69) is 45.9 Å². The first-order valence-electron chi connectivity index (χ1n) is 8.64. The lowest BCUT2D eigenvalue weighted by atomic mass is 10.1. The van der Waals surface area contributed by atoms with Crippen LogP contribution in [0.15, 0.2) is 22.7 Å². The van der Waals surface area contributed by atoms with E-state index in [-0.39, 0.29) is 5.91 Å². The summed E-state index contributed by atoms with van der Waals surface area (Å²) in [5, 5.41) is 10.2. The molecule has 128 valence electrons. The monoisotopic (exact) mass is 328 g/mol. The quantitative estimate of drug-likeness (QED) is 0.777. The Morgan fingerprint density at radius 3 is 3.04 bits per heavy atom. The highest BCUT2D eigenvalue weighted by Gasteiger charge is 2.11. The number of fused-ring (bicyclic) bond motifs is 1. The molecule has 2 heterocycles. The fourth-order valence-corrected chi connectivity index (χ4v) is 2.86. The molecule has 6 nitrogen and oxygen atoms in total. The number of hydrogen-bond acceptors (Lipinski definition) is 5. The predicted octanol–water partition coefficient (Wildman–Crippen LogP) is 2.26. The van der Waals surface area contributed by atoms with Gasteiger partial charge in [0.15, 0.2) is 5.82 Å². The van der Waals surface area contributed by atoms with E-state index in [0.29, 0.717) is 31.7 Å². The Bertz CT molecular complexity index is 696. The molecule has 0 atom stereocenters. The van der Waals surface area contributed by atoms with E-state index in [4.69, 9.17) is 4.52 Å². The molecule has 1 aliphatic rings. The second kappa shape index (κ2) is 8.06. The Balaban J connectivity index is 1.38. The molecule has 3 rings (SSSR count). The average Bonchev–Trinajstić information content (AvgIpc) is 3.22. The van der Waals surface area contributed by atoms with Crippen LogP contribution < -0.4 is 10.6 Å². The van der Waals surface area contributed by atoms with Crippen LogP contribution in [-0.2, 0) is 37.3 Å². The van der Waals surface area contributed by atoms with Gasteiger partial charge in [-0.2, -0.15) is 4.98 Å². The summed E-state index contributed by atoms with van der Waals surface area (Å²) in [6.07, 6.45) is 3.67. The van der Waals surface area contributed by atoms with E-state index in [1.165, 1.54) is 11.1 Å². The van der Waals surface area contributed by atoms with Crippen molar-refractivity contribution >= 4 is 5.91 Å². The number of aryl methyl sites for hydroxylation is 2. The molecule has 0 unspecified atom stereocenters. The van der Waals surface area contributed by atoms with Crippen molar-refractivity contribution in [1.29, 1.82) is 0 Å². The van der Waals surface area contributed by atoms with Crippen LogP contribution in [-0.4, -0.2) is 16.0 Å². The van der Waals surface area contributed by atoms with Gasteiger partial charge in [0, 0.05) is 38.9 Å². The molecule has 0 aliphatic carbocycles. The fraction of sp³-hybridized carbons (Fsp3) is 0.500. The number of amides is 1. The highest BCUT2D eigenvalue weighted by atomic mass is 16.5. The number of nitrogens with zero attached hydrogens (tertiary/aromatic N) is 2. The van der Waals surface area contributed by atoms with Crippen LogP contribution in [0.2, 0.25) is 0 Å². The van der Waals surface area contributed by atoms with Crippen molar-refractivity contribution in [2.45, 2.75) is 58.7 Å². The van der Waals surface area contributed by atoms with Crippen LogP contribution in [0.5, 0.6) is 0 Å². The molecule has 1 aromatic heterocycles. The SMILES string of the molecule is CCCc1noc(CCCC(=O)NCc2ccc3c(c2)CNC3)n1. The first-order chi connectivity index (χ1) is 11.7. The molecule has 0 fully saturated rings. The van der Waals surface area contributed by atoms with Crippen LogP contribution in [0, 0.1) is 0 Å². The van der Waals surface area contributed by atoms with Crippen molar-refractivity contribution < 1.29 is 9.32 Å². The normalized spacial score (nSPS) is 13.0. The Morgan fingerprint density at radius 2 is 2.17 bits per heavy atom. The van der Waals surface area contributed by atoms with Crippen LogP contribution in [0.1, 0.15) is 54.6 Å². The average molecular weight is 328 g/mol. The van der Waals surface area contributed by atoms with Crippen LogP contribution >= 0.6 is 0 Å². The number of rotatable bonds is 8. The molecule has 2 aromatic rings. The molecular weight excluding hydrogens is 304 g/mol. The van der Waals surface area contributed by atoms with Crippen molar-refractivity contribution in [2.75, 3.05) is 0 Å². The number of hydrogen-bond donors (Lipinski definition) is 2. The highest BCUT2D eigenvalue weighted by molar-refractivity contribution is 5.75. The number of benzene rings is 1. The summed E-state index contributed by atoms with van der Waals surface area (Å²) in [5.74, 6) is 1.43. The van der Waals surface area contributed by atoms with Crippen LogP contribution in [0.3, 0.4) is 0 Å². The van der Waals surface area contributed by atoms with Gasteiger partial charge in [-0.3, -0.25) is 4.79 Å². The topological polar surface area (TPSA) is 80.0 Å². The molecule has 1 aliphatic heterocycles. The van der Waals surface area contributed by atoms with Gasteiger partial charge in [0.1, 0.15) is 0 Å². The predicted molar refractivity (Wildman–Crippen MR) is 90.1 cm³/mol. The first kappa shape index (κ1) is 16.6. The van der Waals surface area contributed by atoms with Gasteiger partial charge in [0.25, 0.3) is 0 Å². The van der Waals surface area contributed by atoms with Gasteiger partial charge in [-0.25, -0.2) is 0 Å². The van der Waals surface area contributed by atoms with Crippen molar-refractivity contribution in [3.05, 3.63) is 46.6 Å². The summed E-state index contributed by atoms with van der Waals surface area (Å²) in [6, 6.07) is 6.39. The number of carbonyl (C=O) groups is 1.